The standard InChI is InChI=1S/C14H16N2O3/c17-13(16-9-7-10-4-1-2-5-10)12-11(14(18)19)6-3-8-15-12/h3-4,6,8H,1-2,5,7,9H2,(H,16,17)(H,18,19). The summed E-state index contributed by atoms with van der Waals surface area (Å²) in [6.45, 7) is 0.514. The van der Waals surface area contributed by atoms with Crippen LogP contribution in [-0.2, 0) is 0 Å². The second-order valence-electron chi connectivity index (χ2n) is 4.47. The molecule has 0 fully saturated rings. The van der Waals surface area contributed by atoms with E-state index in [1.165, 1.54) is 30.3 Å². The minimum Gasteiger partial charge on any atom is -0.478 e. The molecule has 1 heterocycles. The van der Waals surface area contributed by atoms with Crippen LogP contribution < -0.4 is 5.32 Å². The van der Waals surface area contributed by atoms with Gasteiger partial charge in [0, 0.05) is 12.7 Å². The van der Waals surface area contributed by atoms with Crippen LogP contribution in [0.1, 0.15) is 46.5 Å². The molecule has 1 aliphatic rings. The molecule has 5 nitrogen and oxygen atoms in total. The monoisotopic (exact) mass is 260 g/mol. The number of amides is 1. The molecule has 5 heteroatoms. The van der Waals surface area contributed by atoms with Crippen LogP contribution in [0, 0.1) is 0 Å². The van der Waals surface area contributed by atoms with Gasteiger partial charge in [-0.15, -0.1) is 0 Å². The van der Waals surface area contributed by atoms with Crippen molar-refractivity contribution >= 4 is 11.9 Å². The first-order chi connectivity index (χ1) is 9.18. The second kappa shape index (κ2) is 6.13. The number of pyridine rings is 1. The van der Waals surface area contributed by atoms with Crippen molar-refractivity contribution < 1.29 is 14.7 Å². The van der Waals surface area contributed by atoms with Crippen molar-refractivity contribution in [2.24, 2.45) is 0 Å². The molecular weight excluding hydrogens is 244 g/mol. The van der Waals surface area contributed by atoms with Crippen molar-refractivity contribution in [3.05, 3.63) is 41.2 Å². The first-order valence-electron chi connectivity index (χ1n) is 6.33. The maximum Gasteiger partial charge on any atom is 0.338 e. The van der Waals surface area contributed by atoms with Gasteiger partial charge in [-0.2, -0.15) is 0 Å². The van der Waals surface area contributed by atoms with Gasteiger partial charge in [0.15, 0.2) is 0 Å². The summed E-state index contributed by atoms with van der Waals surface area (Å²) < 4.78 is 0. The number of nitrogens with one attached hydrogen (secondary N) is 1. The number of carbonyl (C=O) groups excluding carboxylic acids is 1. The third-order valence-corrected chi connectivity index (χ3v) is 3.12. The Bertz CT molecular complexity index is 523. The molecule has 0 radical (unpaired) electrons. The number of aromatic carboxylic acids is 1. The van der Waals surface area contributed by atoms with Crippen LogP contribution in [0.3, 0.4) is 0 Å². The van der Waals surface area contributed by atoms with E-state index in [2.05, 4.69) is 16.4 Å². The number of nitrogens with zero attached hydrogens (tertiary/aromatic N) is 1. The van der Waals surface area contributed by atoms with Crippen molar-refractivity contribution in [2.45, 2.75) is 25.7 Å². The first kappa shape index (κ1) is 13.3. The molecule has 0 saturated heterocycles. The highest BCUT2D eigenvalue weighted by atomic mass is 16.4. The van der Waals surface area contributed by atoms with Crippen LogP contribution in [0.4, 0.5) is 0 Å². The van der Waals surface area contributed by atoms with Crippen molar-refractivity contribution in [1.82, 2.24) is 10.3 Å². The summed E-state index contributed by atoms with van der Waals surface area (Å²) >= 11 is 0. The molecule has 0 atom stereocenters. The van der Waals surface area contributed by atoms with Crippen molar-refractivity contribution in [3.8, 4) is 0 Å². The summed E-state index contributed by atoms with van der Waals surface area (Å²) in [4.78, 5) is 26.7. The van der Waals surface area contributed by atoms with E-state index in [-0.39, 0.29) is 11.3 Å². The van der Waals surface area contributed by atoms with Gasteiger partial charge in [-0.25, -0.2) is 4.79 Å². The minimum atomic E-state index is -1.14. The lowest BCUT2D eigenvalue weighted by atomic mass is 10.1. The lowest BCUT2D eigenvalue weighted by Gasteiger charge is -2.07. The normalized spacial score (nSPS) is 14.0. The number of aromatic nitrogens is 1. The maximum absolute atomic E-state index is 11.9. The highest BCUT2D eigenvalue weighted by Gasteiger charge is 2.17. The Morgan fingerprint density at radius 3 is 2.95 bits per heavy atom. The average molecular weight is 260 g/mol. The maximum atomic E-state index is 11.9. The molecule has 0 unspecified atom stereocenters. The fraction of sp³-hybridized carbons (Fsp3) is 0.357. The predicted octanol–water partition coefficient (Wildman–Crippen LogP) is 2.01. The number of carboxylic acid groups (broad SMARTS) is 1. The Hall–Kier alpha value is -2.17. The zero-order valence-corrected chi connectivity index (χ0v) is 10.6. The van der Waals surface area contributed by atoms with Crippen LogP contribution >= 0.6 is 0 Å². The molecule has 0 saturated carbocycles. The highest BCUT2D eigenvalue weighted by molar-refractivity contribution is 6.03. The highest BCUT2D eigenvalue weighted by Crippen LogP contribution is 2.19. The molecule has 1 aromatic heterocycles. The van der Waals surface area contributed by atoms with E-state index in [1.807, 2.05) is 0 Å². The second-order valence-corrected chi connectivity index (χ2v) is 4.47. The molecule has 0 aliphatic heterocycles. The van der Waals surface area contributed by atoms with E-state index in [0.717, 1.165) is 19.3 Å². The minimum absolute atomic E-state index is 0.0320. The molecule has 1 aliphatic carbocycles. The van der Waals surface area contributed by atoms with E-state index in [0.29, 0.717) is 6.54 Å². The number of carboxylic acids is 1. The summed E-state index contributed by atoms with van der Waals surface area (Å²) in [5, 5.41) is 11.7. The Balaban J connectivity index is 1.94. The molecular formula is C14H16N2O3. The molecule has 19 heavy (non-hydrogen) atoms. The lowest BCUT2D eigenvalue weighted by molar-refractivity contribution is 0.0690. The Kier molecular flexibility index (Phi) is 4.28. The molecule has 0 bridgehead atoms. The Morgan fingerprint density at radius 2 is 2.26 bits per heavy atom. The molecule has 2 N–H and O–H groups in total. The molecule has 0 spiro atoms. The van der Waals surface area contributed by atoms with Gasteiger partial charge in [-0.05, 0) is 37.8 Å². The number of allylic oxidation sites excluding steroid dienone is 1. The summed E-state index contributed by atoms with van der Waals surface area (Å²) in [5.74, 6) is -1.58. The molecule has 100 valence electrons. The van der Waals surface area contributed by atoms with Gasteiger partial charge in [0.25, 0.3) is 5.91 Å². The number of carbonyl (C=O) groups is 2. The van der Waals surface area contributed by atoms with Crippen LogP contribution in [-0.4, -0.2) is 28.5 Å². The Labute approximate surface area is 111 Å². The van der Waals surface area contributed by atoms with E-state index < -0.39 is 11.9 Å². The fourth-order valence-electron chi connectivity index (χ4n) is 2.14. The van der Waals surface area contributed by atoms with Crippen LogP contribution in [0.2, 0.25) is 0 Å². The lowest BCUT2D eigenvalue weighted by Crippen LogP contribution is -2.27. The van der Waals surface area contributed by atoms with Gasteiger partial charge in [-0.1, -0.05) is 11.6 Å². The zero-order chi connectivity index (χ0) is 13.7. The van der Waals surface area contributed by atoms with Crippen LogP contribution in [0.5, 0.6) is 0 Å². The average Bonchev–Trinajstić information content (AvgIpc) is 2.91. The van der Waals surface area contributed by atoms with Gasteiger partial charge in [-0.3, -0.25) is 9.78 Å². The quantitative estimate of drug-likeness (QED) is 0.794. The van der Waals surface area contributed by atoms with E-state index in [1.54, 1.807) is 0 Å². The van der Waals surface area contributed by atoms with E-state index in [9.17, 15) is 9.59 Å². The fourth-order valence-corrected chi connectivity index (χ4v) is 2.14. The van der Waals surface area contributed by atoms with Gasteiger partial charge >= 0.3 is 5.97 Å². The van der Waals surface area contributed by atoms with Crippen molar-refractivity contribution in [3.63, 3.8) is 0 Å². The summed E-state index contributed by atoms with van der Waals surface area (Å²) in [6.07, 6.45) is 7.84. The van der Waals surface area contributed by atoms with Crippen molar-refractivity contribution in [2.75, 3.05) is 6.54 Å². The molecule has 2 rings (SSSR count). The van der Waals surface area contributed by atoms with Gasteiger partial charge < -0.3 is 10.4 Å². The summed E-state index contributed by atoms with van der Waals surface area (Å²) in [5.41, 5.74) is 1.26. The first-order valence-corrected chi connectivity index (χ1v) is 6.33. The third-order valence-electron chi connectivity index (χ3n) is 3.12. The van der Waals surface area contributed by atoms with Crippen LogP contribution in [0.15, 0.2) is 30.0 Å². The Morgan fingerprint density at radius 1 is 1.42 bits per heavy atom. The molecule has 0 aromatic carbocycles. The smallest absolute Gasteiger partial charge is 0.338 e. The topological polar surface area (TPSA) is 79.3 Å². The summed E-state index contributed by atoms with van der Waals surface area (Å²) in [7, 11) is 0. The molecule has 1 amide bonds. The van der Waals surface area contributed by atoms with Crippen molar-refractivity contribution in [1.29, 1.82) is 0 Å². The van der Waals surface area contributed by atoms with Crippen LogP contribution in [0.25, 0.3) is 0 Å². The predicted molar refractivity (Wildman–Crippen MR) is 70.1 cm³/mol. The summed E-state index contributed by atoms with van der Waals surface area (Å²) in [6, 6.07) is 2.88. The van der Waals surface area contributed by atoms with Gasteiger partial charge in [0.1, 0.15) is 5.69 Å². The largest absolute Gasteiger partial charge is 0.478 e. The van der Waals surface area contributed by atoms with E-state index in [4.69, 9.17) is 5.11 Å². The van der Waals surface area contributed by atoms with E-state index >= 15 is 0 Å². The SMILES string of the molecule is O=C(O)c1cccnc1C(=O)NCCC1=CCCC1. The molecule has 1 aromatic rings. The number of hydrogen-bond acceptors (Lipinski definition) is 3. The van der Waals surface area contributed by atoms with Gasteiger partial charge in [0.05, 0.1) is 5.56 Å². The number of hydrogen-bond donors (Lipinski definition) is 2. The zero-order valence-electron chi connectivity index (χ0n) is 10.6. The van der Waals surface area contributed by atoms with Gasteiger partial charge in [0.2, 0.25) is 0 Å². The third kappa shape index (κ3) is 3.40. The number of rotatable bonds is 5.